The van der Waals surface area contributed by atoms with Gasteiger partial charge in [0.15, 0.2) is 0 Å². The van der Waals surface area contributed by atoms with Crippen LogP contribution in [0.25, 0.3) is 0 Å². The van der Waals surface area contributed by atoms with E-state index in [0.717, 1.165) is 44.0 Å². The molecule has 0 aromatic heterocycles. The molecule has 174 valence electrons. The van der Waals surface area contributed by atoms with E-state index in [4.69, 9.17) is 0 Å². The van der Waals surface area contributed by atoms with Crippen LogP contribution in [-0.2, 0) is 36.5 Å². The molecule has 0 heterocycles. The van der Waals surface area contributed by atoms with Gasteiger partial charge in [-0.25, -0.2) is 4.21 Å². The number of hydrogen-bond acceptors (Lipinski definition) is 3. The van der Waals surface area contributed by atoms with Crippen LogP contribution in [0, 0.1) is 0 Å². The monoisotopic (exact) mass is 598 g/mol. The third kappa shape index (κ3) is 5.62. The molecule has 4 aromatic rings. The lowest BCUT2D eigenvalue weighted by molar-refractivity contribution is 0.450. The van der Waals surface area contributed by atoms with Crippen LogP contribution in [0.1, 0.15) is 22.3 Å². The normalized spacial score (nSPS) is 11.1. The molecular weight excluding hydrogens is 576 g/mol. The summed E-state index contributed by atoms with van der Waals surface area (Å²) in [5.74, 6) is 0.0387. The molecule has 0 saturated heterocycles. The Bertz CT molecular complexity index is 1240. The zero-order valence-electron chi connectivity index (χ0n) is 18.4. The Kier molecular flexibility index (Phi) is 8.24. The summed E-state index contributed by atoms with van der Waals surface area (Å²) in [5, 5.41) is 21.8. The Hall–Kier alpha value is -2.41. The average molecular weight is 600 g/mol. The van der Waals surface area contributed by atoms with Gasteiger partial charge >= 0.3 is 0 Å². The molecule has 0 saturated carbocycles. The summed E-state index contributed by atoms with van der Waals surface area (Å²) in [7, 11) is -1.71. The van der Waals surface area contributed by atoms with Gasteiger partial charge in [0.1, 0.15) is 11.5 Å². The van der Waals surface area contributed by atoms with Crippen molar-refractivity contribution in [3.8, 4) is 11.5 Å². The van der Waals surface area contributed by atoms with Gasteiger partial charge in [0.05, 0.1) is 20.6 Å². The van der Waals surface area contributed by atoms with Gasteiger partial charge in [0, 0.05) is 8.95 Å². The molecule has 0 radical (unpaired) electrons. The Morgan fingerprint density at radius 2 is 0.882 bits per heavy atom. The van der Waals surface area contributed by atoms with Gasteiger partial charge in [-0.3, -0.25) is 0 Å². The Morgan fingerprint density at radius 3 is 1.29 bits per heavy atom. The van der Waals surface area contributed by atoms with E-state index in [1.807, 2.05) is 60.7 Å². The van der Waals surface area contributed by atoms with Crippen molar-refractivity contribution in [3.05, 3.63) is 116 Å². The second-order valence-electron chi connectivity index (χ2n) is 7.98. The predicted octanol–water partition coefficient (Wildman–Crippen LogP) is 7.36. The SMILES string of the molecule is O=S(c1cccc(CCc2ccccc2Br)c1O)c1cccc(CCc2ccccc2Br)c1O. The summed E-state index contributed by atoms with van der Waals surface area (Å²) in [4.78, 5) is 0.616. The molecule has 4 aromatic carbocycles. The van der Waals surface area contributed by atoms with Gasteiger partial charge in [-0.2, -0.15) is 0 Å². The van der Waals surface area contributed by atoms with Crippen molar-refractivity contribution in [3.63, 3.8) is 0 Å². The number of benzene rings is 4. The fraction of sp³-hybridized carbons (Fsp3) is 0.143. The molecule has 0 fully saturated rings. The Balaban J connectivity index is 1.55. The lowest BCUT2D eigenvalue weighted by Gasteiger charge is -2.13. The van der Waals surface area contributed by atoms with Crippen LogP contribution in [0.15, 0.2) is 104 Å². The topological polar surface area (TPSA) is 57.5 Å². The molecule has 0 aliphatic rings. The zero-order valence-corrected chi connectivity index (χ0v) is 22.4. The van der Waals surface area contributed by atoms with Gasteiger partial charge < -0.3 is 10.2 Å². The maximum Gasteiger partial charge on any atom is 0.135 e. The van der Waals surface area contributed by atoms with Gasteiger partial charge in [0.25, 0.3) is 0 Å². The third-order valence-electron chi connectivity index (χ3n) is 5.81. The largest absolute Gasteiger partial charge is 0.506 e. The zero-order chi connectivity index (χ0) is 24.1. The van der Waals surface area contributed by atoms with Crippen LogP contribution in [0.2, 0.25) is 0 Å². The fourth-order valence-corrected chi connectivity index (χ4v) is 6.12. The quantitative estimate of drug-likeness (QED) is 0.222. The van der Waals surface area contributed by atoms with E-state index in [-0.39, 0.29) is 11.5 Å². The number of halogens is 2. The fourth-order valence-electron chi connectivity index (χ4n) is 3.90. The highest BCUT2D eigenvalue weighted by molar-refractivity contribution is 9.10. The first-order chi connectivity index (χ1) is 16.5. The van der Waals surface area contributed by atoms with Gasteiger partial charge in [-0.15, -0.1) is 0 Å². The summed E-state index contributed by atoms with van der Waals surface area (Å²) >= 11 is 7.12. The molecule has 34 heavy (non-hydrogen) atoms. The van der Waals surface area contributed by atoms with Crippen molar-refractivity contribution in [1.29, 1.82) is 0 Å². The molecule has 0 unspecified atom stereocenters. The number of phenolic OH excluding ortho intramolecular Hbond substituents is 2. The van der Waals surface area contributed by atoms with E-state index in [9.17, 15) is 14.4 Å². The van der Waals surface area contributed by atoms with E-state index >= 15 is 0 Å². The molecular formula is C28H24Br2O3S. The lowest BCUT2D eigenvalue weighted by atomic mass is 10.0. The highest BCUT2D eigenvalue weighted by Crippen LogP contribution is 2.35. The van der Waals surface area contributed by atoms with Gasteiger partial charge in [-0.05, 0) is 72.2 Å². The molecule has 0 aliphatic carbocycles. The molecule has 0 atom stereocenters. The van der Waals surface area contributed by atoms with E-state index in [1.165, 1.54) is 0 Å². The summed E-state index contributed by atoms with van der Waals surface area (Å²) in [6.45, 7) is 0. The molecule has 0 amide bonds. The van der Waals surface area contributed by atoms with Crippen molar-refractivity contribution in [2.75, 3.05) is 0 Å². The third-order valence-corrected chi connectivity index (χ3v) is 8.81. The van der Waals surface area contributed by atoms with Crippen molar-refractivity contribution in [2.45, 2.75) is 35.5 Å². The second-order valence-corrected chi connectivity index (χ2v) is 11.1. The number of para-hydroxylation sites is 2. The van der Waals surface area contributed by atoms with Crippen LogP contribution < -0.4 is 0 Å². The van der Waals surface area contributed by atoms with Crippen LogP contribution >= 0.6 is 31.9 Å². The standard InChI is InChI=1S/C28H24Br2O3S/c29-23-11-3-1-7-19(23)15-17-21-9-5-13-25(27(21)31)34(33)26-14-6-10-22(28(26)32)18-16-20-8-2-4-12-24(20)30/h1-14,31-32H,15-18H2. The van der Waals surface area contributed by atoms with Gasteiger partial charge in [-0.1, -0.05) is 92.5 Å². The highest BCUT2D eigenvalue weighted by Gasteiger charge is 2.19. The number of aryl methyl sites for hydroxylation is 4. The summed E-state index contributed by atoms with van der Waals surface area (Å²) in [6.07, 6.45) is 2.69. The molecule has 0 aliphatic heterocycles. The van der Waals surface area contributed by atoms with Crippen LogP contribution in [0.3, 0.4) is 0 Å². The minimum Gasteiger partial charge on any atom is -0.506 e. The van der Waals surface area contributed by atoms with Crippen molar-refractivity contribution >= 4 is 42.7 Å². The average Bonchev–Trinajstić information content (AvgIpc) is 2.84. The molecule has 2 N–H and O–H groups in total. The maximum atomic E-state index is 13.4. The number of phenols is 2. The van der Waals surface area contributed by atoms with Crippen LogP contribution in [-0.4, -0.2) is 14.4 Å². The van der Waals surface area contributed by atoms with E-state index in [2.05, 4.69) is 31.9 Å². The Labute approximate surface area is 219 Å². The first-order valence-electron chi connectivity index (χ1n) is 11.0. The molecule has 3 nitrogen and oxygen atoms in total. The van der Waals surface area contributed by atoms with Gasteiger partial charge in [0.2, 0.25) is 0 Å². The smallest absolute Gasteiger partial charge is 0.135 e. The van der Waals surface area contributed by atoms with Crippen LogP contribution in [0.5, 0.6) is 11.5 Å². The van der Waals surface area contributed by atoms with Crippen molar-refractivity contribution in [2.24, 2.45) is 0 Å². The second kappa shape index (κ2) is 11.3. The molecule has 0 bridgehead atoms. The first kappa shape index (κ1) is 24.7. The number of aromatic hydroxyl groups is 2. The Morgan fingerprint density at radius 1 is 0.529 bits per heavy atom. The molecule has 0 spiro atoms. The van der Waals surface area contributed by atoms with Crippen molar-refractivity contribution in [1.82, 2.24) is 0 Å². The summed E-state index contributed by atoms with van der Waals surface area (Å²) < 4.78 is 15.5. The minimum atomic E-state index is -1.71. The highest BCUT2D eigenvalue weighted by atomic mass is 79.9. The van der Waals surface area contributed by atoms with E-state index in [1.54, 1.807) is 24.3 Å². The minimum absolute atomic E-state index is 0.0194. The summed E-state index contributed by atoms with van der Waals surface area (Å²) in [6, 6.07) is 26.6. The molecule has 6 heteroatoms. The summed E-state index contributed by atoms with van der Waals surface area (Å²) in [5.41, 5.74) is 3.74. The van der Waals surface area contributed by atoms with E-state index < -0.39 is 10.8 Å². The lowest BCUT2D eigenvalue weighted by Crippen LogP contribution is -2.00. The van der Waals surface area contributed by atoms with E-state index in [0.29, 0.717) is 22.6 Å². The number of rotatable bonds is 8. The predicted molar refractivity (Wildman–Crippen MR) is 144 cm³/mol. The molecule has 4 rings (SSSR count). The first-order valence-corrected chi connectivity index (χ1v) is 13.7. The van der Waals surface area contributed by atoms with Crippen molar-refractivity contribution < 1.29 is 14.4 Å². The van der Waals surface area contributed by atoms with Crippen LogP contribution in [0.4, 0.5) is 0 Å². The number of hydrogen-bond donors (Lipinski definition) is 2. The maximum absolute atomic E-state index is 13.4.